The van der Waals surface area contributed by atoms with Crippen molar-refractivity contribution >= 4 is 0 Å². The molecule has 17 heavy (non-hydrogen) atoms. The van der Waals surface area contributed by atoms with Gasteiger partial charge in [0.2, 0.25) is 0 Å². The monoisotopic (exact) mass is 235 g/mol. The maximum atomic E-state index is 5.83. The van der Waals surface area contributed by atoms with Crippen molar-refractivity contribution in [1.82, 2.24) is 5.32 Å². The summed E-state index contributed by atoms with van der Waals surface area (Å²) in [5.41, 5.74) is 1.29. The van der Waals surface area contributed by atoms with Gasteiger partial charge in [0, 0.05) is 6.04 Å². The van der Waals surface area contributed by atoms with E-state index in [0.29, 0.717) is 6.04 Å². The number of hydrogen-bond donors (Lipinski definition) is 1. The summed E-state index contributed by atoms with van der Waals surface area (Å²) in [5, 5.41) is 3.49. The predicted octanol–water partition coefficient (Wildman–Crippen LogP) is 3.92. The van der Waals surface area contributed by atoms with Crippen LogP contribution in [0.5, 0.6) is 5.75 Å². The lowest BCUT2D eigenvalue weighted by molar-refractivity contribution is 0.217. The summed E-state index contributed by atoms with van der Waals surface area (Å²) in [6, 6.07) is 8.77. The van der Waals surface area contributed by atoms with Crippen LogP contribution >= 0.6 is 0 Å². The molecule has 1 rings (SSSR count). The molecule has 0 aliphatic rings. The summed E-state index contributed by atoms with van der Waals surface area (Å²) in [7, 11) is 0. The zero-order chi connectivity index (χ0) is 12.7. The molecule has 96 valence electrons. The second-order valence-corrected chi connectivity index (χ2v) is 4.59. The van der Waals surface area contributed by atoms with Gasteiger partial charge in [-0.25, -0.2) is 0 Å². The molecule has 0 aliphatic heterocycles. The van der Waals surface area contributed by atoms with Gasteiger partial charge in [0.1, 0.15) is 5.75 Å². The van der Waals surface area contributed by atoms with Crippen LogP contribution in [0.1, 0.15) is 52.1 Å². The number of benzene rings is 1. The normalized spacial score (nSPS) is 14.4. The van der Waals surface area contributed by atoms with E-state index in [-0.39, 0.29) is 6.10 Å². The van der Waals surface area contributed by atoms with Crippen LogP contribution < -0.4 is 10.1 Å². The second-order valence-electron chi connectivity index (χ2n) is 4.59. The van der Waals surface area contributed by atoms with Crippen molar-refractivity contribution in [2.45, 2.75) is 52.7 Å². The summed E-state index contributed by atoms with van der Waals surface area (Å²) in [4.78, 5) is 0. The van der Waals surface area contributed by atoms with E-state index in [4.69, 9.17) is 4.74 Å². The van der Waals surface area contributed by atoms with Gasteiger partial charge in [0.25, 0.3) is 0 Å². The number of rotatable bonds is 7. The third-order valence-electron chi connectivity index (χ3n) is 2.97. The van der Waals surface area contributed by atoms with Crippen LogP contribution in [0.25, 0.3) is 0 Å². The highest BCUT2D eigenvalue weighted by Gasteiger charge is 2.06. The molecule has 0 saturated carbocycles. The van der Waals surface area contributed by atoms with Crippen LogP contribution in [0.4, 0.5) is 0 Å². The van der Waals surface area contributed by atoms with Gasteiger partial charge < -0.3 is 10.1 Å². The van der Waals surface area contributed by atoms with Gasteiger partial charge >= 0.3 is 0 Å². The van der Waals surface area contributed by atoms with Gasteiger partial charge in [0.15, 0.2) is 0 Å². The molecule has 0 heterocycles. The van der Waals surface area contributed by atoms with Crippen molar-refractivity contribution in [3.63, 3.8) is 0 Å². The third kappa shape index (κ3) is 4.78. The second kappa shape index (κ2) is 7.33. The summed E-state index contributed by atoms with van der Waals surface area (Å²) in [5.74, 6) is 0.974. The van der Waals surface area contributed by atoms with E-state index in [1.165, 1.54) is 5.56 Å². The number of ether oxygens (including phenoxy) is 1. The summed E-state index contributed by atoms with van der Waals surface area (Å²) < 4.78 is 5.83. The van der Waals surface area contributed by atoms with E-state index in [1.54, 1.807) is 0 Å². The molecule has 0 radical (unpaired) electrons. The zero-order valence-electron chi connectivity index (χ0n) is 11.5. The van der Waals surface area contributed by atoms with Gasteiger partial charge in [-0.15, -0.1) is 0 Å². The van der Waals surface area contributed by atoms with Crippen LogP contribution in [-0.2, 0) is 0 Å². The van der Waals surface area contributed by atoms with Gasteiger partial charge in [-0.2, -0.15) is 0 Å². The molecule has 0 bridgehead atoms. The minimum absolute atomic E-state index is 0.282. The molecule has 0 fully saturated rings. The Labute approximate surface area is 105 Å². The lowest BCUT2D eigenvalue weighted by atomic mass is 10.1. The van der Waals surface area contributed by atoms with E-state index in [2.05, 4.69) is 51.2 Å². The lowest BCUT2D eigenvalue weighted by Gasteiger charge is -2.17. The molecule has 0 saturated heterocycles. The average Bonchev–Trinajstić information content (AvgIpc) is 2.36. The van der Waals surface area contributed by atoms with Crippen molar-refractivity contribution in [2.24, 2.45) is 0 Å². The van der Waals surface area contributed by atoms with Gasteiger partial charge in [-0.1, -0.05) is 26.0 Å². The topological polar surface area (TPSA) is 21.3 Å². The summed E-state index contributed by atoms with van der Waals surface area (Å²) in [6.45, 7) is 9.67. The largest absolute Gasteiger partial charge is 0.491 e. The van der Waals surface area contributed by atoms with E-state index in [9.17, 15) is 0 Å². The molecule has 2 unspecified atom stereocenters. The molecule has 1 aromatic carbocycles. The Morgan fingerprint density at radius 3 is 2.65 bits per heavy atom. The van der Waals surface area contributed by atoms with E-state index >= 15 is 0 Å². The van der Waals surface area contributed by atoms with Crippen LogP contribution in [-0.4, -0.2) is 12.6 Å². The van der Waals surface area contributed by atoms with Crippen LogP contribution in [0.3, 0.4) is 0 Å². The number of nitrogens with one attached hydrogen (secondary N) is 1. The Morgan fingerprint density at radius 1 is 1.24 bits per heavy atom. The highest BCUT2D eigenvalue weighted by molar-refractivity contribution is 5.30. The van der Waals surface area contributed by atoms with Crippen molar-refractivity contribution in [3.05, 3.63) is 29.8 Å². The van der Waals surface area contributed by atoms with Crippen molar-refractivity contribution in [1.29, 1.82) is 0 Å². The first kappa shape index (κ1) is 14.0. The van der Waals surface area contributed by atoms with Crippen molar-refractivity contribution < 1.29 is 4.74 Å². The fourth-order valence-electron chi connectivity index (χ4n) is 1.65. The molecular formula is C15H25NO. The Balaban J connectivity index is 2.64. The number of hydrogen-bond acceptors (Lipinski definition) is 2. The highest BCUT2D eigenvalue weighted by Crippen LogP contribution is 2.20. The minimum atomic E-state index is 0.282. The fourth-order valence-corrected chi connectivity index (χ4v) is 1.65. The maximum Gasteiger partial charge on any atom is 0.120 e. The maximum absolute atomic E-state index is 5.83. The zero-order valence-corrected chi connectivity index (χ0v) is 11.5. The van der Waals surface area contributed by atoms with Crippen molar-refractivity contribution in [2.75, 3.05) is 6.54 Å². The molecular weight excluding hydrogens is 210 g/mol. The molecule has 2 atom stereocenters. The highest BCUT2D eigenvalue weighted by atomic mass is 16.5. The predicted molar refractivity (Wildman–Crippen MR) is 73.5 cm³/mol. The van der Waals surface area contributed by atoms with Crippen LogP contribution in [0.2, 0.25) is 0 Å². The molecule has 2 heteroatoms. The molecule has 2 nitrogen and oxygen atoms in total. The Hall–Kier alpha value is -1.02. The third-order valence-corrected chi connectivity index (χ3v) is 2.97. The summed E-state index contributed by atoms with van der Waals surface area (Å²) in [6.07, 6.45) is 2.48. The fraction of sp³-hybridized carbons (Fsp3) is 0.600. The van der Waals surface area contributed by atoms with E-state index in [1.807, 2.05) is 6.07 Å². The Kier molecular flexibility index (Phi) is 6.06. The average molecular weight is 235 g/mol. The molecule has 0 aliphatic carbocycles. The molecule has 0 amide bonds. The molecule has 0 aromatic heterocycles. The molecule has 1 aromatic rings. The standard InChI is InChI=1S/C15H25NO/c1-5-10-16-13(4)14-8-7-9-15(11-14)17-12(3)6-2/h7-9,11-13,16H,5-6,10H2,1-4H3. The first-order valence-corrected chi connectivity index (χ1v) is 6.67. The first-order chi connectivity index (χ1) is 8.17. The molecule has 1 N–H and O–H groups in total. The van der Waals surface area contributed by atoms with Crippen molar-refractivity contribution in [3.8, 4) is 5.75 Å². The molecule has 0 spiro atoms. The first-order valence-electron chi connectivity index (χ1n) is 6.67. The van der Waals surface area contributed by atoms with Gasteiger partial charge in [-0.3, -0.25) is 0 Å². The quantitative estimate of drug-likeness (QED) is 0.773. The SMILES string of the molecule is CCCNC(C)c1cccc(OC(C)CC)c1. The lowest BCUT2D eigenvalue weighted by Crippen LogP contribution is -2.19. The van der Waals surface area contributed by atoms with Crippen LogP contribution in [0.15, 0.2) is 24.3 Å². The van der Waals surface area contributed by atoms with Gasteiger partial charge in [-0.05, 0) is 50.9 Å². The van der Waals surface area contributed by atoms with E-state index < -0.39 is 0 Å². The summed E-state index contributed by atoms with van der Waals surface area (Å²) >= 11 is 0. The minimum Gasteiger partial charge on any atom is -0.491 e. The smallest absolute Gasteiger partial charge is 0.120 e. The Bertz CT molecular complexity index is 324. The Morgan fingerprint density at radius 2 is 2.00 bits per heavy atom. The van der Waals surface area contributed by atoms with Crippen LogP contribution in [0, 0.1) is 0 Å². The van der Waals surface area contributed by atoms with Gasteiger partial charge in [0.05, 0.1) is 6.10 Å². The van der Waals surface area contributed by atoms with E-state index in [0.717, 1.165) is 25.1 Å².